The Morgan fingerprint density at radius 1 is 1.22 bits per heavy atom. The first-order valence-corrected chi connectivity index (χ1v) is 8.08. The molecule has 1 saturated carbocycles. The van der Waals surface area contributed by atoms with Gasteiger partial charge >= 0.3 is 0 Å². The molecule has 1 amide bonds. The molecule has 2 nitrogen and oxygen atoms in total. The van der Waals surface area contributed by atoms with Crippen molar-refractivity contribution in [3.05, 3.63) is 70.5 Å². The highest BCUT2D eigenvalue weighted by Crippen LogP contribution is 2.41. The topological polar surface area (TPSA) is 29.1 Å². The van der Waals surface area contributed by atoms with E-state index >= 15 is 0 Å². The summed E-state index contributed by atoms with van der Waals surface area (Å²) < 4.78 is 13.0. The van der Waals surface area contributed by atoms with Crippen molar-refractivity contribution < 1.29 is 9.18 Å². The van der Waals surface area contributed by atoms with E-state index in [4.69, 9.17) is 11.6 Å². The Bertz CT molecular complexity index is 726. The maximum Gasteiger partial charge on any atom is 0.230 e. The van der Waals surface area contributed by atoms with Gasteiger partial charge in [-0.25, -0.2) is 4.39 Å². The number of carbonyl (C=O) groups is 1. The number of halogens is 2. The van der Waals surface area contributed by atoms with Gasteiger partial charge < -0.3 is 5.32 Å². The highest BCUT2D eigenvalue weighted by molar-refractivity contribution is 6.30. The van der Waals surface area contributed by atoms with Crippen molar-refractivity contribution in [1.82, 2.24) is 5.32 Å². The minimum absolute atomic E-state index is 0.0191. The summed E-state index contributed by atoms with van der Waals surface area (Å²) in [6, 6.07) is 14.0. The first-order chi connectivity index (χ1) is 10.9. The molecule has 1 fully saturated rings. The molecule has 0 bridgehead atoms. The molecule has 1 aliphatic carbocycles. The van der Waals surface area contributed by atoms with Crippen molar-refractivity contribution in [2.45, 2.75) is 37.6 Å². The van der Waals surface area contributed by atoms with Crippen LogP contribution in [0.2, 0.25) is 5.02 Å². The van der Waals surface area contributed by atoms with Crippen LogP contribution in [-0.4, -0.2) is 11.9 Å². The molecule has 0 saturated heterocycles. The van der Waals surface area contributed by atoms with Crippen LogP contribution in [0.4, 0.5) is 4.39 Å². The molecule has 3 rings (SSSR count). The Morgan fingerprint density at radius 2 is 1.91 bits per heavy atom. The molecule has 0 aliphatic heterocycles. The third-order valence-electron chi connectivity index (χ3n) is 4.52. The van der Waals surface area contributed by atoms with Gasteiger partial charge in [-0.15, -0.1) is 0 Å². The maximum atomic E-state index is 13.0. The number of hydrogen-bond donors (Lipinski definition) is 1. The Kier molecular flexibility index (Phi) is 4.15. The highest BCUT2D eigenvalue weighted by atomic mass is 35.5. The van der Waals surface area contributed by atoms with Crippen LogP contribution in [-0.2, 0) is 10.2 Å². The average molecular weight is 332 g/mol. The van der Waals surface area contributed by atoms with E-state index in [2.05, 4.69) is 5.32 Å². The van der Waals surface area contributed by atoms with Crippen LogP contribution in [0, 0.1) is 5.82 Å². The van der Waals surface area contributed by atoms with Gasteiger partial charge in [-0.05, 0) is 55.7 Å². The second kappa shape index (κ2) is 5.97. The Labute approximate surface area is 140 Å². The fourth-order valence-electron chi connectivity index (χ4n) is 2.79. The van der Waals surface area contributed by atoms with Gasteiger partial charge in [0.05, 0.1) is 5.41 Å². The second-order valence-corrected chi connectivity index (χ2v) is 7.05. The lowest BCUT2D eigenvalue weighted by atomic mass is 9.83. The summed E-state index contributed by atoms with van der Waals surface area (Å²) in [5.41, 5.74) is 1.31. The van der Waals surface area contributed by atoms with Crippen molar-refractivity contribution in [2.75, 3.05) is 0 Å². The van der Waals surface area contributed by atoms with E-state index in [1.54, 1.807) is 18.2 Å². The molecule has 2 aromatic carbocycles. The molecule has 4 heteroatoms. The normalized spacial score (nSPS) is 20.2. The van der Waals surface area contributed by atoms with Crippen molar-refractivity contribution >= 4 is 17.5 Å². The number of hydrogen-bond acceptors (Lipinski definition) is 1. The second-order valence-electron chi connectivity index (χ2n) is 6.61. The first-order valence-electron chi connectivity index (χ1n) is 7.70. The lowest BCUT2D eigenvalue weighted by molar-refractivity contribution is -0.125. The monoisotopic (exact) mass is 331 g/mol. The van der Waals surface area contributed by atoms with Crippen LogP contribution < -0.4 is 5.32 Å². The summed E-state index contributed by atoms with van der Waals surface area (Å²) in [6.07, 6.45) is 0.892. The van der Waals surface area contributed by atoms with Crippen LogP contribution in [0.25, 0.3) is 0 Å². The van der Waals surface area contributed by atoms with E-state index in [1.807, 2.05) is 32.0 Å². The zero-order valence-electron chi connectivity index (χ0n) is 13.1. The standard InChI is InChI=1S/C19H19ClFNO/c1-19(2,13-4-3-5-14(20)10-13)18(23)22-17-11-16(17)12-6-8-15(21)9-7-12/h3-10,16-17H,11H2,1-2H3,(H,22,23)/t16-,17+/m0/s1. The van der Waals surface area contributed by atoms with Crippen LogP contribution in [0.15, 0.2) is 48.5 Å². The van der Waals surface area contributed by atoms with Gasteiger partial charge in [0.2, 0.25) is 5.91 Å². The van der Waals surface area contributed by atoms with Crippen molar-refractivity contribution in [2.24, 2.45) is 0 Å². The highest BCUT2D eigenvalue weighted by Gasteiger charge is 2.42. The third kappa shape index (κ3) is 3.40. The number of nitrogens with one attached hydrogen (secondary N) is 1. The van der Waals surface area contributed by atoms with Gasteiger partial charge in [-0.3, -0.25) is 4.79 Å². The van der Waals surface area contributed by atoms with E-state index in [9.17, 15) is 9.18 Å². The SMILES string of the molecule is CC(C)(C(=O)N[C@@H]1C[C@H]1c1ccc(F)cc1)c1cccc(Cl)c1. The van der Waals surface area contributed by atoms with Crippen molar-refractivity contribution in [3.8, 4) is 0 Å². The molecule has 1 N–H and O–H groups in total. The molecule has 23 heavy (non-hydrogen) atoms. The molecule has 0 spiro atoms. The number of rotatable bonds is 4. The van der Waals surface area contributed by atoms with E-state index in [1.165, 1.54) is 12.1 Å². The lowest BCUT2D eigenvalue weighted by Crippen LogP contribution is -2.41. The number of carbonyl (C=O) groups excluding carboxylic acids is 1. The Morgan fingerprint density at radius 3 is 2.57 bits per heavy atom. The Hall–Kier alpha value is -1.87. The molecule has 120 valence electrons. The summed E-state index contributed by atoms with van der Waals surface area (Å²) >= 11 is 6.03. The zero-order chi connectivity index (χ0) is 16.6. The van der Waals surface area contributed by atoms with Gasteiger partial charge in [-0.1, -0.05) is 35.9 Å². The molecule has 1 aliphatic rings. The average Bonchev–Trinajstić information content (AvgIpc) is 3.27. The molecular formula is C19H19ClFNO. The van der Waals surface area contributed by atoms with Crippen molar-refractivity contribution in [3.63, 3.8) is 0 Å². The van der Waals surface area contributed by atoms with E-state index in [-0.39, 0.29) is 23.7 Å². The van der Waals surface area contributed by atoms with Gasteiger partial charge in [0, 0.05) is 17.0 Å². The third-order valence-corrected chi connectivity index (χ3v) is 4.75. The largest absolute Gasteiger partial charge is 0.352 e. The van der Waals surface area contributed by atoms with E-state index in [0.717, 1.165) is 17.5 Å². The quantitative estimate of drug-likeness (QED) is 0.882. The minimum Gasteiger partial charge on any atom is -0.352 e. The van der Waals surface area contributed by atoms with Gasteiger partial charge in [0.25, 0.3) is 0 Å². The van der Waals surface area contributed by atoms with Crippen LogP contribution in [0.1, 0.15) is 37.3 Å². The molecule has 2 aromatic rings. The number of benzene rings is 2. The molecule has 2 atom stereocenters. The zero-order valence-corrected chi connectivity index (χ0v) is 13.9. The van der Waals surface area contributed by atoms with Gasteiger partial charge in [0.1, 0.15) is 5.82 Å². The van der Waals surface area contributed by atoms with Gasteiger partial charge in [-0.2, -0.15) is 0 Å². The predicted octanol–water partition coefficient (Wildman–Crippen LogP) is 4.43. The van der Waals surface area contributed by atoms with Crippen molar-refractivity contribution in [1.29, 1.82) is 0 Å². The molecular weight excluding hydrogens is 313 g/mol. The molecule has 0 unspecified atom stereocenters. The van der Waals surface area contributed by atoms with Crippen LogP contribution >= 0.6 is 11.6 Å². The summed E-state index contributed by atoms with van der Waals surface area (Å²) in [6.45, 7) is 3.78. The summed E-state index contributed by atoms with van der Waals surface area (Å²) in [4.78, 5) is 12.6. The summed E-state index contributed by atoms with van der Waals surface area (Å²) in [7, 11) is 0. The number of amides is 1. The van der Waals surface area contributed by atoms with Crippen LogP contribution in [0.5, 0.6) is 0 Å². The van der Waals surface area contributed by atoms with Gasteiger partial charge in [0.15, 0.2) is 0 Å². The first kappa shape index (κ1) is 16.0. The minimum atomic E-state index is -0.652. The van der Waals surface area contributed by atoms with E-state index in [0.29, 0.717) is 5.02 Å². The molecule has 0 radical (unpaired) electrons. The smallest absolute Gasteiger partial charge is 0.230 e. The van der Waals surface area contributed by atoms with E-state index < -0.39 is 5.41 Å². The Balaban J connectivity index is 1.67. The molecule has 0 heterocycles. The maximum absolute atomic E-state index is 13.0. The lowest BCUT2D eigenvalue weighted by Gasteiger charge is -2.24. The fraction of sp³-hybridized carbons (Fsp3) is 0.316. The summed E-state index contributed by atoms with van der Waals surface area (Å²) in [5, 5.41) is 3.72. The molecule has 0 aromatic heterocycles. The predicted molar refractivity (Wildman–Crippen MR) is 90.2 cm³/mol. The fourth-order valence-corrected chi connectivity index (χ4v) is 2.98. The van der Waals surface area contributed by atoms with Crippen LogP contribution in [0.3, 0.4) is 0 Å². The summed E-state index contributed by atoms with van der Waals surface area (Å²) in [5.74, 6) is 0.0150.